The average Bonchev–Trinajstić information content (AvgIpc) is 3.27. The van der Waals surface area contributed by atoms with E-state index in [1.54, 1.807) is 6.07 Å². The summed E-state index contributed by atoms with van der Waals surface area (Å²) in [4.78, 5) is 19.0. The summed E-state index contributed by atoms with van der Waals surface area (Å²) in [6.07, 6.45) is -1.13. The zero-order chi connectivity index (χ0) is 16.2. The zero-order valence-corrected chi connectivity index (χ0v) is 11.9. The molecule has 1 amide bonds. The van der Waals surface area contributed by atoms with Crippen LogP contribution in [0.2, 0.25) is 0 Å². The minimum absolute atomic E-state index is 0.0215. The van der Waals surface area contributed by atoms with E-state index >= 15 is 0 Å². The van der Waals surface area contributed by atoms with Gasteiger partial charge >= 0.3 is 6.18 Å². The van der Waals surface area contributed by atoms with E-state index in [9.17, 15) is 18.0 Å². The van der Waals surface area contributed by atoms with Gasteiger partial charge in [0.15, 0.2) is 5.82 Å². The number of carbonyl (C=O) groups excluding carboxylic acids is 1. The van der Waals surface area contributed by atoms with Crippen molar-refractivity contribution in [1.82, 2.24) is 9.97 Å². The fraction of sp³-hybridized carbons (Fsp3) is 0.250. The number of aromatic amines is 1. The monoisotopic (exact) mass is 319 g/mol. The van der Waals surface area contributed by atoms with Crippen LogP contribution in [-0.4, -0.2) is 15.9 Å². The number of benzene rings is 1. The molecule has 0 radical (unpaired) electrons. The largest absolute Gasteiger partial charge is 0.416 e. The number of nitrogens with zero attached hydrogens (tertiary/aromatic N) is 1. The summed E-state index contributed by atoms with van der Waals surface area (Å²) >= 11 is 0. The van der Waals surface area contributed by atoms with Crippen LogP contribution in [0.1, 0.15) is 18.4 Å². The van der Waals surface area contributed by atoms with Crippen LogP contribution in [0.3, 0.4) is 0 Å². The highest BCUT2D eigenvalue weighted by Gasteiger charge is 2.31. The van der Waals surface area contributed by atoms with Crippen LogP contribution >= 0.6 is 0 Å². The Morgan fingerprint density at radius 3 is 2.70 bits per heavy atom. The Bertz CT molecular complexity index is 925. The molecule has 1 aliphatic carbocycles. The van der Waals surface area contributed by atoms with Crippen LogP contribution < -0.4 is 5.32 Å². The van der Waals surface area contributed by atoms with E-state index in [4.69, 9.17) is 0 Å². The summed E-state index contributed by atoms with van der Waals surface area (Å²) in [5, 5.41) is 4.14. The lowest BCUT2D eigenvalue weighted by molar-refractivity contribution is -0.137. The van der Waals surface area contributed by atoms with Crippen molar-refractivity contribution in [3.63, 3.8) is 0 Å². The Kier molecular flexibility index (Phi) is 2.88. The lowest BCUT2D eigenvalue weighted by Crippen LogP contribution is -2.14. The molecule has 7 heteroatoms. The molecule has 1 saturated carbocycles. The quantitative estimate of drug-likeness (QED) is 0.747. The predicted molar refractivity (Wildman–Crippen MR) is 80.0 cm³/mol. The molecule has 1 fully saturated rings. The molecular weight excluding hydrogens is 307 g/mol. The Morgan fingerprint density at radius 1 is 1.22 bits per heavy atom. The number of alkyl halides is 3. The summed E-state index contributed by atoms with van der Waals surface area (Å²) in [6.45, 7) is 0. The van der Waals surface area contributed by atoms with Crippen LogP contribution in [0.5, 0.6) is 0 Å². The van der Waals surface area contributed by atoms with Gasteiger partial charge in [0.2, 0.25) is 5.91 Å². The SMILES string of the molecule is O=C(Nc1nccc2c1[nH]c1cc(C(F)(F)F)ccc12)C1CC1. The fourth-order valence-electron chi connectivity index (χ4n) is 2.67. The number of hydrogen-bond acceptors (Lipinski definition) is 2. The molecule has 0 bridgehead atoms. The van der Waals surface area contributed by atoms with Gasteiger partial charge in [0.25, 0.3) is 0 Å². The van der Waals surface area contributed by atoms with Crippen molar-refractivity contribution >= 4 is 33.5 Å². The molecule has 2 heterocycles. The standard InChI is InChI=1S/C16H12F3N3O/c17-16(18,19)9-3-4-10-11-5-6-20-14(13(11)21-12(10)7-9)22-15(23)8-1-2-8/h3-8,21H,1-2H2,(H,20,22,23). The third kappa shape index (κ3) is 2.42. The van der Waals surface area contributed by atoms with Gasteiger partial charge in [0.05, 0.1) is 11.1 Å². The van der Waals surface area contributed by atoms with Crippen molar-refractivity contribution in [3.05, 3.63) is 36.0 Å². The second-order valence-electron chi connectivity index (χ2n) is 5.73. The third-order valence-electron chi connectivity index (χ3n) is 4.04. The predicted octanol–water partition coefficient (Wildman–Crippen LogP) is 4.08. The molecule has 0 atom stereocenters. The van der Waals surface area contributed by atoms with Crippen molar-refractivity contribution in [3.8, 4) is 0 Å². The lowest BCUT2D eigenvalue weighted by atomic mass is 10.1. The second-order valence-corrected chi connectivity index (χ2v) is 5.73. The molecule has 2 N–H and O–H groups in total. The Balaban J connectivity index is 1.84. The maximum atomic E-state index is 12.8. The van der Waals surface area contributed by atoms with Gasteiger partial charge in [-0.05, 0) is 31.0 Å². The molecule has 4 rings (SSSR count). The maximum absolute atomic E-state index is 12.8. The van der Waals surface area contributed by atoms with Crippen molar-refractivity contribution in [2.24, 2.45) is 5.92 Å². The fourth-order valence-corrected chi connectivity index (χ4v) is 2.67. The van der Waals surface area contributed by atoms with Gasteiger partial charge in [-0.25, -0.2) is 4.98 Å². The first-order valence-corrected chi connectivity index (χ1v) is 7.22. The number of amides is 1. The van der Waals surface area contributed by atoms with Crippen molar-refractivity contribution in [2.75, 3.05) is 5.32 Å². The van der Waals surface area contributed by atoms with E-state index in [0.29, 0.717) is 22.2 Å². The van der Waals surface area contributed by atoms with Crippen molar-refractivity contribution in [2.45, 2.75) is 19.0 Å². The minimum atomic E-state index is -4.40. The highest BCUT2D eigenvalue weighted by Crippen LogP contribution is 2.35. The summed E-state index contributed by atoms with van der Waals surface area (Å²) < 4.78 is 38.5. The van der Waals surface area contributed by atoms with E-state index in [1.165, 1.54) is 12.3 Å². The van der Waals surface area contributed by atoms with Gasteiger partial charge in [-0.1, -0.05) is 6.07 Å². The molecule has 1 aromatic carbocycles. The number of carbonyl (C=O) groups is 1. The van der Waals surface area contributed by atoms with E-state index < -0.39 is 11.7 Å². The number of fused-ring (bicyclic) bond motifs is 3. The average molecular weight is 319 g/mol. The van der Waals surface area contributed by atoms with Gasteiger partial charge < -0.3 is 10.3 Å². The number of pyridine rings is 1. The minimum Gasteiger partial charge on any atom is -0.351 e. The summed E-state index contributed by atoms with van der Waals surface area (Å²) in [7, 11) is 0. The Morgan fingerprint density at radius 2 is 2.00 bits per heavy atom. The molecule has 4 nitrogen and oxygen atoms in total. The normalized spacial score (nSPS) is 15.3. The van der Waals surface area contributed by atoms with Crippen molar-refractivity contribution < 1.29 is 18.0 Å². The van der Waals surface area contributed by atoms with Crippen LogP contribution in [0.25, 0.3) is 21.8 Å². The first-order valence-electron chi connectivity index (χ1n) is 7.22. The van der Waals surface area contributed by atoms with Crippen LogP contribution in [0.4, 0.5) is 19.0 Å². The highest BCUT2D eigenvalue weighted by atomic mass is 19.4. The van der Waals surface area contributed by atoms with E-state index in [-0.39, 0.29) is 11.8 Å². The van der Waals surface area contributed by atoms with Crippen LogP contribution in [0, 0.1) is 5.92 Å². The summed E-state index contributed by atoms with van der Waals surface area (Å²) in [6, 6.07) is 5.28. The van der Waals surface area contributed by atoms with Crippen LogP contribution in [0.15, 0.2) is 30.5 Å². The number of nitrogens with one attached hydrogen (secondary N) is 2. The van der Waals surface area contributed by atoms with Gasteiger partial charge in [-0.3, -0.25) is 4.79 Å². The highest BCUT2D eigenvalue weighted by molar-refractivity contribution is 6.12. The smallest absolute Gasteiger partial charge is 0.351 e. The topological polar surface area (TPSA) is 57.8 Å². The Hall–Kier alpha value is -2.57. The first-order chi connectivity index (χ1) is 10.9. The first kappa shape index (κ1) is 14.0. The van der Waals surface area contributed by atoms with Gasteiger partial charge in [0, 0.05) is 28.4 Å². The summed E-state index contributed by atoms with van der Waals surface area (Å²) in [5.41, 5.74) is 0.189. The number of rotatable bonds is 2. The number of hydrogen-bond donors (Lipinski definition) is 2. The van der Waals surface area contributed by atoms with E-state index in [1.807, 2.05) is 0 Å². The molecular formula is C16H12F3N3O. The molecule has 0 aliphatic heterocycles. The molecule has 2 aromatic heterocycles. The number of H-pyrrole nitrogens is 1. The molecule has 0 saturated heterocycles. The summed E-state index contributed by atoms with van der Waals surface area (Å²) in [5.74, 6) is 0.275. The van der Waals surface area contributed by atoms with E-state index in [0.717, 1.165) is 30.4 Å². The molecule has 118 valence electrons. The Labute approximate surface area is 128 Å². The zero-order valence-electron chi connectivity index (χ0n) is 11.9. The number of anilines is 1. The lowest BCUT2D eigenvalue weighted by Gasteiger charge is -2.05. The van der Waals surface area contributed by atoms with Gasteiger partial charge in [0.1, 0.15) is 0 Å². The molecule has 0 spiro atoms. The van der Waals surface area contributed by atoms with Gasteiger partial charge in [-0.2, -0.15) is 13.2 Å². The van der Waals surface area contributed by atoms with Crippen molar-refractivity contribution in [1.29, 1.82) is 0 Å². The van der Waals surface area contributed by atoms with Crippen LogP contribution in [-0.2, 0) is 11.0 Å². The maximum Gasteiger partial charge on any atom is 0.416 e. The molecule has 3 aromatic rings. The van der Waals surface area contributed by atoms with Gasteiger partial charge in [-0.15, -0.1) is 0 Å². The molecule has 23 heavy (non-hydrogen) atoms. The molecule has 0 unspecified atom stereocenters. The van der Waals surface area contributed by atoms with E-state index in [2.05, 4.69) is 15.3 Å². The second kappa shape index (κ2) is 4.71. The molecule has 1 aliphatic rings. The number of halogens is 3. The third-order valence-corrected chi connectivity index (χ3v) is 4.04. The number of aromatic nitrogens is 2.